The van der Waals surface area contributed by atoms with Crippen LogP contribution in [0.5, 0.6) is 11.5 Å². The number of oxazole rings is 1. The van der Waals surface area contributed by atoms with Crippen molar-refractivity contribution < 1.29 is 19.4 Å². The number of rotatable bonds is 3. The lowest BCUT2D eigenvalue weighted by Crippen LogP contribution is -2.22. The zero-order chi connectivity index (χ0) is 13.1. The van der Waals surface area contributed by atoms with Crippen molar-refractivity contribution in [3.63, 3.8) is 0 Å². The third-order valence-electron chi connectivity index (χ3n) is 2.30. The number of hydrogen-bond acceptors (Lipinski definition) is 5. The molecule has 0 unspecified atom stereocenters. The Labute approximate surface area is 103 Å². The first-order valence-electron chi connectivity index (χ1n) is 5.28. The number of hydrogen-bond donors (Lipinski definition) is 3. The summed E-state index contributed by atoms with van der Waals surface area (Å²) < 4.78 is 5.19. The topological polar surface area (TPSA) is 95.6 Å². The van der Waals surface area contributed by atoms with Crippen LogP contribution in [0, 0.1) is 6.92 Å². The molecule has 2 rings (SSSR count). The van der Waals surface area contributed by atoms with Gasteiger partial charge in [0.2, 0.25) is 5.89 Å². The van der Waals surface area contributed by atoms with Gasteiger partial charge in [-0.1, -0.05) is 0 Å². The van der Waals surface area contributed by atoms with Crippen LogP contribution in [0.1, 0.15) is 22.0 Å². The number of benzene rings is 1. The minimum atomic E-state index is -0.469. The molecule has 0 saturated carbocycles. The minimum absolute atomic E-state index is 0.0797. The number of nitrogens with one attached hydrogen (secondary N) is 1. The Kier molecular flexibility index (Phi) is 3.18. The van der Waals surface area contributed by atoms with Crippen LogP contribution in [0.3, 0.4) is 0 Å². The average molecular weight is 248 g/mol. The van der Waals surface area contributed by atoms with Crippen molar-refractivity contribution in [3.8, 4) is 11.5 Å². The number of aryl methyl sites for hydroxylation is 1. The van der Waals surface area contributed by atoms with Crippen molar-refractivity contribution in [1.29, 1.82) is 0 Å². The summed E-state index contributed by atoms with van der Waals surface area (Å²) in [7, 11) is 0. The summed E-state index contributed by atoms with van der Waals surface area (Å²) in [6.45, 7) is 1.89. The van der Waals surface area contributed by atoms with Crippen LogP contribution in [0.25, 0.3) is 0 Å². The van der Waals surface area contributed by atoms with Gasteiger partial charge in [-0.15, -0.1) is 0 Å². The molecule has 0 aliphatic rings. The number of phenolic OH excluding ortho intramolecular Hbond substituents is 2. The molecule has 1 heterocycles. The van der Waals surface area contributed by atoms with E-state index in [1.54, 1.807) is 13.1 Å². The third kappa shape index (κ3) is 2.60. The summed E-state index contributed by atoms with van der Waals surface area (Å²) in [6, 6.07) is 3.76. The Morgan fingerprint density at radius 1 is 1.44 bits per heavy atom. The molecule has 0 fully saturated rings. The van der Waals surface area contributed by atoms with E-state index in [1.165, 1.54) is 12.1 Å². The second-order valence-corrected chi connectivity index (χ2v) is 3.75. The highest BCUT2D eigenvalue weighted by atomic mass is 16.4. The maximum Gasteiger partial charge on any atom is 0.255 e. The van der Waals surface area contributed by atoms with Gasteiger partial charge in [0.05, 0.1) is 18.3 Å². The van der Waals surface area contributed by atoms with Gasteiger partial charge in [-0.3, -0.25) is 4.79 Å². The van der Waals surface area contributed by atoms with Crippen molar-refractivity contribution in [2.24, 2.45) is 0 Å². The minimum Gasteiger partial charge on any atom is -0.508 e. The maximum atomic E-state index is 11.7. The lowest BCUT2D eigenvalue weighted by molar-refractivity contribution is 0.0944. The Bertz CT molecular complexity index is 577. The first-order valence-corrected chi connectivity index (χ1v) is 5.28. The molecule has 0 bridgehead atoms. The highest BCUT2D eigenvalue weighted by Gasteiger charge is 2.12. The molecular weight excluding hydrogens is 236 g/mol. The summed E-state index contributed by atoms with van der Waals surface area (Å²) in [5.74, 6) is 0.192. The van der Waals surface area contributed by atoms with Gasteiger partial charge in [0, 0.05) is 6.07 Å². The molecule has 0 aliphatic carbocycles. The summed E-state index contributed by atoms with van der Waals surface area (Å²) in [4.78, 5) is 15.7. The van der Waals surface area contributed by atoms with E-state index in [9.17, 15) is 9.90 Å². The van der Waals surface area contributed by atoms with Gasteiger partial charge in [0.1, 0.15) is 17.3 Å². The maximum absolute atomic E-state index is 11.7. The molecule has 1 amide bonds. The zero-order valence-corrected chi connectivity index (χ0v) is 9.67. The van der Waals surface area contributed by atoms with Gasteiger partial charge in [-0.2, -0.15) is 0 Å². The summed E-state index contributed by atoms with van der Waals surface area (Å²) in [5, 5.41) is 21.2. The van der Waals surface area contributed by atoms with Crippen molar-refractivity contribution in [2.45, 2.75) is 13.5 Å². The number of aromatic hydroxyl groups is 2. The molecule has 18 heavy (non-hydrogen) atoms. The Morgan fingerprint density at radius 2 is 2.22 bits per heavy atom. The molecule has 94 valence electrons. The Morgan fingerprint density at radius 3 is 2.83 bits per heavy atom. The molecule has 1 aromatic carbocycles. The van der Waals surface area contributed by atoms with Crippen LogP contribution in [-0.4, -0.2) is 21.1 Å². The number of nitrogens with zero attached hydrogens (tertiary/aromatic N) is 1. The fourth-order valence-electron chi connectivity index (χ4n) is 1.45. The molecular formula is C12H12N2O4. The summed E-state index contributed by atoms with van der Waals surface area (Å²) in [6.07, 6.45) is 1.56. The monoisotopic (exact) mass is 248 g/mol. The summed E-state index contributed by atoms with van der Waals surface area (Å²) in [5.41, 5.74) is 0.0797. The highest BCUT2D eigenvalue weighted by Crippen LogP contribution is 2.22. The number of amides is 1. The van der Waals surface area contributed by atoms with E-state index in [4.69, 9.17) is 9.52 Å². The molecule has 6 heteroatoms. The van der Waals surface area contributed by atoms with Gasteiger partial charge < -0.3 is 19.9 Å². The van der Waals surface area contributed by atoms with Crippen LogP contribution in [0.2, 0.25) is 0 Å². The molecule has 0 aliphatic heterocycles. The standard InChI is InChI=1S/C12H12N2O4/c1-7-5-13-11(18-7)6-14-12(17)9-3-2-8(15)4-10(9)16/h2-5,15-16H,6H2,1H3,(H,14,17). The lowest BCUT2D eigenvalue weighted by atomic mass is 10.2. The first-order chi connectivity index (χ1) is 8.56. The number of carbonyl (C=O) groups is 1. The normalized spacial score (nSPS) is 10.3. The van der Waals surface area contributed by atoms with E-state index in [1.807, 2.05) is 0 Å². The summed E-state index contributed by atoms with van der Waals surface area (Å²) >= 11 is 0. The second-order valence-electron chi connectivity index (χ2n) is 3.75. The van der Waals surface area contributed by atoms with Gasteiger partial charge in [0.15, 0.2) is 0 Å². The van der Waals surface area contributed by atoms with Crippen molar-refractivity contribution in [2.75, 3.05) is 0 Å². The quantitative estimate of drug-likeness (QED) is 0.761. The van der Waals surface area contributed by atoms with Crippen LogP contribution in [0.15, 0.2) is 28.8 Å². The smallest absolute Gasteiger partial charge is 0.255 e. The predicted octanol–water partition coefficient (Wildman–Crippen LogP) is 1.32. The zero-order valence-electron chi connectivity index (χ0n) is 9.67. The van der Waals surface area contributed by atoms with Crippen molar-refractivity contribution in [3.05, 3.63) is 41.6 Å². The van der Waals surface area contributed by atoms with E-state index in [0.717, 1.165) is 6.07 Å². The predicted molar refractivity (Wildman–Crippen MR) is 62.2 cm³/mol. The van der Waals surface area contributed by atoms with Crippen molar-refractivity contribution in [1.82, 2.24) is 10.3 Å². The molecule has 0 saturated heterocycles. The highest BCUT2D eigenvalue weighted by molar-refractivity contribution is 5.96. The molecule has 3 N–H and O–H groups in total. The SMILES string of the molecule is Cc1cnc(CNC(=O)c2ccc(O)cc2O)o1. The van der Waals surface area contributed by atoms with Crippen LogP contribution < -0.4 is 5.32 Å². The molecule has 1 aromatic heterocycles. The van der Waals surface area contributed by atoms with E-state index in [0.29, 0.717) is 11.7 Å². The van der Waals surface area contributed by atoms with Crippen LogP contribution >= 0.6 is 0 Å². The van der Waals surface area contributed by atoms with Crippen LogP contribution in [0.4, 0.5) is 0 Å². The Balaban J connectivity index is 2.03. The lowest BCUT2D eigenvalue weighted by Gasteiger charge is -2.05. The number of aromatic nitrogens is 1. The number of phenols is 2. The van der Waals surface area contributed by atoms with Gasteiger partial charge in [-0.25, -0.2) is 4.98 Å². The fourth-order valence-corrected chi connectivity index (χ4v) is 1.45. The van der Waals surface area contributed by atoms with E-state index >= 15 is 0 Å². The molecule has 6 nitrogen and oxygen atoms in total. The first kappa shape index (κ1) is 12.0. The molecule has 0 atom stereocenters. The fraction of sp³-hybridized carbons (Fsp3) is 0.167. The Hall–Kier alpha value is -2.50. The van der Waals surface area contributed by atoms with Gasteiger partial charge in [0.25, 0.3) is 5.91 Å². The number of carbonyl (C=O) groups excluding carboxylic acids is 1. The van der Waals surface area contributed by atoms with E-state index in [-0.39, 0.29) is 23.6 Å². The average Bonchev–Trinajstić information content (AvgIpc) is 2.72. The molecule has 0 radical (unpaired) electrons. The van der Waals surface area contributed by atoms with Gasteiger partial charge in [-0.05, 0) is 19.1 Å². The van der Waals surface area contributed by atoms with Crippen LogP contribution in [-0.2, 0) is 6.54 Å². The molecule has 2 aromatic rings. The molecule has 0 spiro atoms. The van der Waals surface area contributed by atoms with Crippen molar-refractivity contribution >= 4 is 5.91 Å². The van der Waals surface area contributed by atoms with Gasteiger partial charge >= 0.3 is 0 Å². The largest absolute Gasteiger partial charge is 0.508 e. The van der Waals surface area contributed by atoms with E-state index in [2.05, 4.69) is 10.3 Å². The second kappa shape index (κ2) is 4.79. The van der Waals surface area contributed by atoms with E-state index < -0.39 is 5.91 Å². The third-order valence-corrected chi connectivity index (χ3v) is 2.30.